The number of fused-ring (bicyclic) bond motifs is 7. The molecule has 0 spiro atoms. The molecule has 0 aliphatic carbocycles. The predicted molar refractivity (Wildman–Crippen MR) is 144 cm³/mol. The summed E-state index contributed by atoms with van der Waals surface area (Å²) in [5.41, 5.74) is 8.57. The van der Waals surface area contributed by atoms with Gasteiger partial charge in [-0.1, -0.05) is 78.9 Å². The maximum absolute atomic E-state index is 5.10. The molecule has 6 aromatic rings. The Morgan fingerprint density at radius 2 is 1.33 bits per heavy atom. The molecule has 0 radical (unpaired) electrons. The van der Waals surface area contributed by atoms with Crippen molar-refractivity contribution in [1.82, 2.24) is 4.98 Å². The molecule has 36 heavy (non-hydrogen) atoms. The number of benzene rings is 5. The normalized spacial score (nSPS) is 12.3. The zero-order valence-electron chi connectivity index (χ0n) is 19.3. The minimum Gasteiger partial charge on any atom is -0.256 e. The van der Waals surface area contributed by atoms with Crippen LogP contribution in [0.5, 0.6) is 0 Å². The Hall–Kier alpha value is -4.89. The van der Waals surface area contributed by atoms with E-state index in [0.29, 0.717) is 0 Å². The quantitative estimate of drug-likeness (QED) is 0.274. The standard InChI is InChI=1S/C33H19N3/c1-2-8-20(9-3-1)22-14-16-27-30(29(22)32-23-11-5-4-10-21(23)18-19-34-32)31-28(35-27)17-15-25-24-12-6-7-13-26(24)36-33(25)31/h1-19H. The van der Waals surface area contributed by atoms with E-state index in [1.807, 2.05) is 12.3 Å². The zero-order valence-corrected chi connectivity index (χ0v) is 19.3. The minimum atomic E-state index is 0.965. The first-order chi connectivity index (χ1) is 17.9. The fraction of sp³-hybridized carbons (Fsp3) is 0. The van der Waals surface area contributed by atoms with Crippen molar-refractivity contribution in [3.05, 3.63) is 137 Å². The third kappa shape index (κ3) is 2.65. The van der Waals surface area contributed by atoms with Gasteiger partial charge in [-0.15, -0.1) is 0 Å². The van der Waals surface area contributed by atoms with Gasteiger partial charge in [0.05, 0.1) is 27.8 Å². The van der Waals surface area contributed by atoms with Gasteiger partial charge in [0.1, 0.15) is 0 Å². The van der Waals surface area contributed by atoms with Crippen LogP contribution in [0.25, 0.3) is 44.3 Å². The first-order valence-corrected chi connectivity index (χ1v) is 12.1. The van der Waals surface area contributed by atoms with Crippen LogP contribution in [0.3, 0.4) is 0 Å². The van der Waals surface area contributed by atoms with E-state index in [0.717, 1.165) is 66.2 Å². The molecular weight excluding hydrogens is 438 g/mol. The molecule has 0 N–H and O–H groups in total. The molecule has 8 rings (SSSR count). The molecule has 3 nitrogen and oxygen atoms in total. The number of rotatable bonds is 2. The number of nitrogens with zero attached hydrogens (tertiary/aromatic N) is 3. The molecule has 0 atom stereocenters. The van der Waals surface area contributed by atoms with Crippen molar-refractivity contribution in [3.8, 4) is 33.5 Å². The Kier molecular flexibility index (Phi) is 3.94. The highest BCUT2D eigenvalue weighted by atomic mass is 14.8. The SMILES string of the molecule is c1ccc(-c2ccc3c(c2-c2nccc4ccccc24)-c2c4c(ccc2=N3)=c2ccccc2=N4)cc1. The molecule has 3 heterocycles. The summed E-state index contributed by atoms with van der Waals surface area (Å²) in [5, 5.41) is 6.61. The van der Waals surface area contributed by atoms with Crippen molar-refractivity contribution in [1.29, 1.82) is 0 Å². The first-order valence-electron chi connectivity index (χ1n) is 12.1. The van der Waals surface area contributed by atoms with Gasteiger partial charge in [0.15, 0.2) is 0 Å². The van der Waals surface area contributed by atoms with Crippen molar-refractivity contribution in [3.63, 3.8) is 0 Å². The van der Waals surface area contributed by atoms with Crippen LogP contribution in [0.4, 0.5) is 11.4 Å². The van der Waals surface area contributed by atoms with Crippen LogP contribution in [0.2, 0.25) is 0 Å². The summed E-state index contributed by atoms with van der Waals surface area (Å²) in [6.07, 6.45) is 1.91. The monoisotopic (exact) mass is 457 g/mol. The number of para-hydroxylation sites is 1. The Bertz CT molecular complexity index is 2090. The van der Waals surface area contributed by atoms with E-state index in [4.69, 9.17) is 15.0 Å². The second kappa shape index (κ2) is 7.30. The maximum atomic E-state index is 5.10. The smallest absolute Gasteiger partial charge is 0.0817 e. The highest BCUT2D eigenvalue weighted by molar-refractivity contribution is 6.08. The van der Waals surface area contributed by atoms with Crippen molar-refractivity contribution in [2.24, 2.45) is 9.98 Å². The van der Waals surface area contributed by atoms with Crippen LogP contribution >= 0.6 is 0 Å². The van der Waals surface area contributed by atoms with Crippen LogP contribution < -0.4 is 10.7 Å². The van der Waals surface area contributed by atoms with E-state index in [2.05, 4.69) is 103 Å². The lowest BCUT2D eigenvalue weighted by Gasteiger charge is -2.17. The average Bonchev–Trinajstić information content (AvgIpc) is 3.51. The van der Waals surface area contributed by atoms with Gasteiger partial charge in [-0.05, 0) is 46.8 Å². The van der Waals surface area contributed by atoms with Crippen molar-refractivity contribution >= 4 is 22.1 Å². The maximum Gasteiger partial charge on any atom is 0.0817 e. The first kappa shape index (κ1) is 19.4. The van der Waals surface area contributed by atoms with Gasteiger partial charge in [0, 0.05) is 38.7 Å². The van der Waals surface area contributed by atoms with Crippen LogP contribution in [-0.4, -0.2) is 4.98 Å². The van der Waals surface area contributed by atoms with Gasteiger partial charge in [-0.3, -0.25) is 4.98 Å². The molecule has 166 valence electrons. The van der Waals surface area contributed by atoms with Gasteiger partial charge in [0.25, 0.3) is 0 Å². The topological polar surface area (TPSA) is 37.6 Å². The number of aromatic nitrogens is 1. The lowest BCUT2D eigenvalue weighted by molar-refractivity contribution is 1.35. The second-order valence-corrected chi connectivity index (χ2v) is 9.23. The number of hydrogen-bond acceptors (Lipinski definition) is 3. The van der Waals surface area contributed by atoms with Gasteiger partial charge >= 0.3 is 0 Å². The molecule has 1 aromatic heterocycles. The fourth-order valence-corrected chi connectivity index (χ4v) is 5.66. The molecule has 0 saturated carbocycles. The summed E-state index contributed by atoms with van der Waals surface area (Å²) in [5.74, 6) is 0. The van der Waals surface area contributed by atoms with Gasteiger partial charge in [0.2, 0.25) is 0 Å². The molecule has 3 heteroatoms. The molecule has 5 aromatic carbocycles. The van der Waals surface area contributed by atoms with E-state index in [1.165, 1.54) is 10.6 Å². The third-order valence-corrected chi connectivity index (χ3v) is 7.25. The van der Waals surface area contributed by atoms with Gasteiger partial charge < -0.3 is 0 Å². The zero-order chi connectivity index (χ0) is 23.6. The summed E-state index contributed by atoms with van der Waals surface area (Å²) in [7, 11) is 0. The van der Waals surface area contributed by atoms with Crippen molar-refractivity contribution in [2.45, 2.75) is 0 Å². The molecular formula is C33H19N3. The third-order valence-electron chi connectivity index (χ3n) is 7.25. The number of pyridine rings is 1. The molecule has 0 bridgehead atoms. The lowest BCUT2D eigenvalue weighted by atomic mass is 9.87. The van der Waals surface area contributed by atoms with E-state index in [1.54, 1.807) is 0 Å². The van der Waals surface area contributed by atoms with E-state index >= 15 is 0 Å². The van der Waals surface area contributed by atoms with Gasteiger partial charge in [-0.2, -0.15) is 0 Å². The Balaban J connectivity index is 1.55. The second-order valence-electron chi connectivity index (χ2n) is 9.23. The van der Waals surface area contributed by atoms with Crippen molar-refractivity contribution in [2.75, 3.05) is 0 Å². The van der Waals surface area contributed by atoms with E-state index in [-0.39, 0.29) is 0 Å². The Morgan fingerprint density at radius 1 is 0.500 bits per heavy atom. The summed E-state index contributed by atoms with van der Waals surface area (Å²) in [6, 6.07) is 38.1. The van der Waals surface area contributed by atoms with Crippen LogP contribution in [0.15, 0.2) is 125 Å². The molecule has 2 aliphatic rings. The molecule has 0 unspecified atom stereocenters. The molecule has 0 amide bonds. The van der Waals surface area contributed by atoms with Crippen LogP contribution in [0.1, 0.15) is 0 Å². The van der Waals surface area contributed by atoms with Crippen LogP contribution in [0, 0.1) is 10.4 Å². The molecule has 2 aliphatic heterocycles. The Labute approximate surface area is 207 Å². The highest BCUT2D eigenvalue weighted by Gasteiger charge is 2.27. The van der Waals surface area contributed by atoms with Crippen LogP contribution in [-0.2, 0) is 0 Å². The van der Waals surface area contributed by atoms with Gasteiger partial charge in [-0.25, -0.2) is 9.98 Å². The summed E-state index contributed by atoms with van der Waals surface area (Å²) in [4.78, 5) is 15.1. The molecule has 0 saturated heterocycles. The lowest BCUT2D eigenvalue weighted by Crippen LogP contribution is -2.02. The molecule has 0 fully saturated rings. The van der Waals surface area contributed by atoms with E-state index in [9.17, 15) is 0 Å². The summed E-state index contributed by atoms with van der Waals surface area (Å²) in [6.45, 7) is 0. The largest absolute Gasteiger partial charge is 0.256 e. The summed E-state index contributed by atoms with van der Waals surface area (Å²) < 4.78 is 0. The Morgan fingerprint density at radius 3 is 2.28 bits per heavy atom. The van der Waals surface area contributed by atoms with Crippen molar-refractivity contribution < 1.29 is 0 Å². The highest BCUT2D eigenvalue weighted by Crippen LogP contribution is 2.49. The minimum absolute atomic E-state index is 0.965. The average molecular weight is 458 g/mol. The fourth-order valence-electron chi connectivity index (χ4n) is 5.66. The predicted octanol–water partition coefficient (Wildman–Crippen LogP) is 7.05. The summed E-state index contributed by atoms with van der Waals surface area (Å²) >= 11 is 0. The number of hydrogen-bond donors (Lipinski definition) is 0. The van der Waals surface area contributed by atoms with E-state index < -0.39 is 0 Å².